The first-order chi connectivity index (χ1) is 4.47. The molecule has 0 saturated carbocycles. The van der Waals surface area contributed by atoms with Crippen molar-refractivity contribution in [3.8, 4) is 0 Å². The Bertz CT molecular complexity index is 192. The SMILES string of the molecule is C1=CN2CC=NC2C=N1. The van der Waals surface area contributed by atoms with Crippen LogP contribution < -0.4 is 0 Å². The Morgan fingerprint density at radius 3 is 3.44 bits per heavy atom. The molecule has 0 aliphatic carbocycles. The fraction of sp³-hybridized carbons (Fsp3) is 0.333. The molecule has 1 unspecified atom stereocenters. The van der Waals surface area contributed by atoms with Crippen molar-refractivity contribution in [1.29, 1.82) is 0 Å². The minimum absolute atomic E-state index is 0.190. The molecule has 2 heterocycles. The third kappa shape index (κ3) is 0.650. The third-order valence-corrected chi connectivity index (χ3v) is 1.45. The first-order valence-electron chi connectivity index (χ1n) is 2.94. The summed E-state index contributed by atoms with van der Waals surface area (Å²) in [7, 11) is 0. The van der Waals surface area contributed by atoms with Gasteiger partial charge in [0.2, 0.25) is 0 Å². The van der Waals surface area contributed by atoms with Crippen LogP contribution >= 0.6 is 0 Å². The van der Waals surface area contributed by atoms with Gasteiger partial charge in [-0.2, -0.15) is 0 Å². The molecular formula is C6H7N3. The molecule has 0 aromatic rings. The lowest BCUT2D eigenvalue weighted by atomic mass is 10.4. The molecule has 9 heavy (non-hydrogen) atoms. The highest BCUT2D eigenvalue weighted by Crippen LogP contribution is 2.07. The van der Waals surface area contributed by atoms with Gasteiger partial charge in [0, 0.05) is 24.8 Å². The van der Waals surface area contributed by atoms with E-state index >= 15 is 0 Å². The molecule has 0 bridgehead atoms. The smallest absolute Gasteiger partial charge is 0.156 e. The van der Waals surface area contributed by atoms with E-state index in [1.54, 1.807) is 6.20 Å². The van der Waals surface area contributed by atoms with Gasteiger partial charge in [-0.15, -0.1) is 0 Å². The highest BCUT2D eigenvalue weighted by Gasteiger charge is 2.16. The van der Waals surface area contributed by atoms with Crippen molar-refractivity contribution in [1.82, 2.24) is 4.90 Å². The van der Waals surface area contributed by atoms with Gasteiger partial charge in [0.05, 0.1) is 6.54 Å². The molecule has 0 aromatic carbocycles. The minimum Gasteiger partial charge on any atom is -0.345 e. The zero-order valence-electron chi connectivity index (χ0n) is 4.94. The Kier molecular flexibility index (Phi) is 0.886. The lowest BCUT2D eigenvalue weighted by Gasteiger charge is -2.18. The van der Waals surface area contributed by atoms with Crippen molar-refractivity contribution in [2.75, 3.05) is 6.54 Å². The summed E-state index contributed by atoms with van der Waals surface area (Å²) in [5.41, 5.74) is 0. The highest BCUT2D eigenvalue weighted by molar-refractivity contribution is 5.74. The van der Waals surface area contributed by atoms with Crippen LogP contribution in [0, 0.1) is 0 Å². The normalized spacial score (nSPS) is 29.3. The third-order valence-electron chi connectivity index (χ3n) is 1.45. The lowest BCUT2D eigenvalue weighted by molar-refractivity contribution is 0.416. The lowest BCUT2D eigenvalue weighted by Crippen LogP contribution is -2.27. The van der Waals surface area contributed by atoms with Crippen LogP contribution in [0.2, 0.25) is 0 Å². The number of aliphatic imine (C=N–C) groups is 2. The predicted molar refractivity (Wildman–Crippen MR) is 36.6 cm³/mol. The van der Waals surface area contributed by atoms with Crippen molar-refractivity contribution >= 4 is 12.4 Å². The van der Waals surface area contributed by atoms with Crippen LogP contribution in [0.1, 0.15) is 0 Å². The van der Waals surface area contributed by atoms with Crippen molar-refractivity contribution in [3.05, 3.63) is 12.4 Å². The van der Waals surface area contributed by atoms with Gasteiger partial charge in [0.1, 0.15) is 0 Å². The average Bonchev–Trinajstić information content (AvgIpc) is 2.33. The summed E-state index contributed by atoms with van der Waals surface area (Å²) in [6.45, 7) is 0.924. The standard InChI is InChI=1S/C6H7N3/c1-3-9-4-2-8-6(9)5-7-1/h1-3,5-6H,4H2. The van der Waals surface area contributed by atoms with E-state index in [0.717, 1.165) is 6.54 Å². The average molecular weight is 121 g/mol. The van der Waals surface area contributed by atoms with Gasteiger partial charge in [0.15, 0.2) is 6.17 Å². The van der Waals surface area contributed by atoms with Crippen molar-refractivity contribution in [3.63, 3.8) is 0 Å². The Hall–Kier alpha value is -1.12. The quantitative estimate of drug-likeness (QED) is 0.451. The molecule has 2 aliphatic rings. The number of hydrogen-bond donors (Lipinski definition) is 0. The maximum Gasteiger partial charge on any atom is 0.156 e. The summed E-state index contributed by atoms with van der Waals surface area (Å²) in [6, 6.07) is 0. The number of rotatable bonds is 0. The summed E-state index contributed by atoms with van der Waals surface area (Å²) in [4.78, 5) is 10.2. The zero-order valence-corrected chi connectivity index (χ0v) is 4.94. The maximum absolute atomic E-state index is 4.16. The molecule has 0 spiro atoms. The van der Waals surface area contributed by atoms with Crippen LogP contribution in [0.15, 0.2) is 22.4 Å². The second-order valence-electron chi connectivity index (χ2n) is 2.04. The highest BCUT2D eigenvalue weighted by atomic mass is 15.3. The molecule has 46 valence electrons. The van der Waals surface area contributed by atoms with Crippen molar-refractivity contribution in [2.24, 2.45) is 9.98 Å². The van der Waals surface area contributed by atoms with E-state index in [2.05, 4.69) is 14.9 Å². The molecule has 3 heteroatoms. The van der Waals surface area contributed by atoms with E-state index in [1.165, 1.54) is 0 Å². The van der Waals surface area contributed by atoms with Gasteiger partial charge in [-0.25, -0.2) is 0 Å². The van der Waals surface area contributed by atoms with Gasteiger partial charge >= 0.3 is 0 Å². The molecular weight excluding hydrogens is 114 g/mol. The summed E-state index contributed by atoms with van der Waals surface area (Å²) in [5, 5.41) is 0. The monoisotopic (exact) mass is 121 g/mol. The summed E-state index contributed by atoms with van der Waals surface area (Å²) in [5.74, 6) is 0. The van der Waals surface area contributed by atoms with Crippen molar-refractivity contribution in [2.45, 2.75) is 6.17 Å². The number of hydrogen-bond acceptors (Lipinski definition) is 3. The van der Waals surface area contributed by atoms with Gasteiger partial charge in [-0.3, -0.25) is 9.98 Å². The van der Waals surface area contributed by atoms with Crippen molar-refractivity contribution < 1.29 is 0 Å². The summed E-state index contributed by atoms with van der Waals surface area (Å²) in [6.07, 6.45) is 7.67. The zero-order chi connectivity index (χ0) is 6.10. The Morgan fingerprint density at radius 1 is 1.56 bits per heavy atom. The fourth-order valence-corrected chi connectivity index (χ4v) is 0.967. The molecule has 2 aliphatic heterocycles. The molecule has 0 amide bonds. The Balaban J connectivity index is 2.25. The molecule has 0 fully saturated rings. The van der Waals surface area contributed by atoms with E-state index < -0.39 is 0 Å². The van der Waals surface area contributed by atoms with Crippen LogP contribution in [-0.2, 0) is 0 Å². The van der Waals surface area contributed by atoms with E-state index in [0.29, 0.717) is 0 Å². The predicted octanol–water partition coefficient (Wildman–Crippen LogP) is 0.254. The number of nitrogens with zero attached hydrogens (tertiary/aromatic N) is 3. The topological polar surface area (TPSA) is 28.0 Å². The van der Waals surface area contributed by atoms with Crippen LogP contribution in [0.25, 0.3) is 0 Å². The fourth-order valence-electron chi connectivity index (χ4n) is 0.967. The van der Waals surface area contributed by atoms with Gasteiger partial charge in [0.25, 0.3) is 0 Å². The second-order valence-corrected chi connectivity index (χ2v) is 2.04. The number of fused-ring (bicyclic) bond motifs is 1. The largest absolute Gasteiger partial charge is 0.345 e. The molecule has 0 radical (unpaired) electrons. The van der Waals surface area contributed by atoms with Gasteiger partial charge in [-0.05, 0) is 0 Å². The van der Waals surface area contributed by atoms with E-state index in [9.17, 15) is 0 Å². The van der Waals surface area contributed by atoms with E-state index in [4.69, 9.17) is 0 Å². The van der Waals surface area contributed by atoms with Crippen LogP contribution in [0.3, 0.4) is 0 Å². The molecule has 0 saturated heterocycles. The van der Waals surface area contributed by atoms with E-state index in [1.807, 2.05) is 18.6 Å². The Morgan fingerprint density at radius 2 is 2.56 bits per heavy atom. The molecule has 1 atom stereocenters. The molecule has 0 N–H and O–H groups in total. The first-order valence-corrected chi connectivity index (χ1v) is 2.94. The van der Waals surface area contributed by atoms with Crippen LogP contribution in [0.5, 0.6) is 0 Å². The molecule has 0 aromatic heterocycles. The maximum atomic E-state index is 4.16. The Labute approximate surface area is 53.4 Å². The van der Waals surface area contributed by atoms with Gasteiger partial charge in [-0.1, -0.05) is 0 Å². The summed E-state index contributed by atoms with van der Waals surface area (Å²) < 4.78 is 0. The van der Waals surface area contributed by atoms with E-state index in [-0.39, 0.29) is 6.17 Å². The van der Waals surface area contributed by atoms with Crippen LogP contribution in [0.4, 0.5) is 0 Å². The molecule has 2 rings (SSSR count). The van der Waals surface area contributed by atoms with Crippen LogP contribution in [-0.4, -0.2) is 30.0 Å². The second kappa shape index (κ2) is 1.69. The van der Waals surface area contributed by atoms with Gasteiger partial charge < -0.3 is 4.90 Å². The first kappa shape index (κ1) is 4.73. The summed E-state index contributed by atoms with van der Waals surface area (Å²) >= 11 is 0. The molecule has 3 nitrogen and oxygen atoms in total. The minimum atomic E-state index is 0.190.